The molecule has 3 nitrogen and oxygen atoms in total. The number of benzene rings is 3. The van der Waals surface area contributed by atoms with Crippen LogP contribution in [0.4, 0.5) is 0 Å². The maximum Gasteiger partial charge on any atom is 0.138 e. The summed E-state index contributed by atoms with van der Waals surface area (Å²) in [6.45, 7) is 3.68. The van der Waals surface area contributed by atoms with Crippen molar-refractivity contribution in [1.82, 2.24) is 9.88 Å². The van der Waals surface area contributed by atoms with Crippen LogP contribution < -0.4 is 0 Å². The molecule has 1 heterocycles. The summed E-state index contributed by atoms with van der Waals surface area (Å²) in [6.07, 6.45) is 5.80. The SMILES string of the molecule is CC(=O)C(C(=S)Cc1ccccc1)C(CCCCN(C)Cc1ccccc1)c1c[nH]c2ccccc12. The average molecular weight is 497 g/mol. The van der Waals surface area contributed by atoms with Crippen LogP contribution in [-0.4, -0.2) is 34.1 Å². The number of rotatable bonds is 13. The average Bonchev–Trinajstić information content (AvgIpc) is 3.31. The summed E-state index contributed by atoms with van der Waals surface area (Å²) >= 11 is 5.96. The Hall–Kier alpha value is -3.08. The van der Waals surface area contributed by atoms with Gasteiger partial charge < -0.3 is 9.88 Å². The summed E-state index contributed by atoms with van der Waals surface area (Å²) in [5.74, 6) is -0.0526. The molecular formula is C32H36N2OS. The number of carbonyl (C=O) groups is 1. The van der Waals surface area contributed by atoms with Crippen molar-refractivity contribution in [3.8, 4) is 0 Å². The van der Waals surface area contributed by atoms with E-state index >= 15 is 0 Å². The number of ketones is 1. The maximum atomic E-state index is 13.1. The Labute approximate surface area is 220 Å². The maximum absolute atomic E-state index is 13.1. The van der Waals surface area contributed by atoms with Crippen LogP contribution in [0.25, 0.3) is 10.9 Å². The van der Waals surface area contributed by atoms with Crippen molar-refractivity contribution in [2.45, 2.75) is 45.1 Å². The lowest BCUT2D eigenvalue weighted by Gasteiger charge is -2.27. The molecule has 4 aromatic rings. The first kappa shape index (κ1) is 26.0. The topological polar surface area (TPSA) is 36.1 Å². The number of hydrogen-bond donors (Lipinski definition) is 1. The Balaban J connectivity index is 1.49. The number of thiocarbonyl (C=S) groups is 1. The minimum absolute atomic E-state index is 0.0642. The zero-order valence-electron chi connectivity index (χ0n) is 21.3. The molecular weight excluding hydrogens is 460 g/mol. The van der Waals surface area contributed by atoms with Gasteiger partial charge in [-0.05, 0) is 56.1 Å². The van der Waals surface area contributed by atoms with E-state index < -0.39 is 0 Å². The minimum Gasteiger partial charge on any atom is -0.361 e. The molecule has 0 spiro atoms. The second-order valence-corrected chi connectivity index (χ2v) is 10.4. The van der Waals surface area contributed by atoms with E-state index in [0.717, 1.165) is 48.3 Å². The molecule has 1 aromatic heterocycles. The van der Waals surface area contributed by atoms with Crippen molar-refractivity contribution in [3.63, 3.8) is 0 Å². The molecule has 0 fully saturated rings. The highest BCUT2D eigenvalue weighted by molar-refractivity contribution is 7.80. The molecule has 2 atom stereocenters. The molecule has 186 valence electrons. The van der Waals surface area contributed by atoms with Gasteiger partial charge in [-0.15, -0.1) is 0 Å². The van der Waals surface area contributed by atoms with E-state index in [4.69, 9.17) is 12.2 Å². The summed E-state index contributed by atoms with van der Waals surface area (Å²) < 4.78 is 0. The number of unbranched alkanes of at least 4 members (excludes halogenated alkanes) is 1. The predicted molar refractivity (Wildman–Crippen MR) is 155 cm³/mol. The molecule has 0 aliphatic carbocycles. The van der Waals surface area contributed by atoms with Crippen molar-refractivity contribution in [2.75, 3.05) is 13.6 Å². The summed E-state index contributed by atoms with van der Waals surface area (Å²) in [5, 5.41) is 1.19. The molecule has 0 saturated carbocycles. The third-order valence-electron chi connectivity index (χ3n) is 7.03. The number of aromatic nitrogens is 1. The van der Waals surface area contributed by atoms with Crippen LogP contribution in [0, 0.1) is 5.92 Å². The molecule has 3 aromatic carbocycles. The summed E-state index contributed by atoms with van der Waals surface area (Å²) in [5.41, 5.74) is 4.81. The number of para-hydroxylation sites is 1. The molecule has 1 N–H and O–H groups in total. The Morgan fingerprint density at radius 3 is 2.22 bits per heavy atom. The number of Topliss-reactive ketones (excluding diaryl/α,β-unsaturated/α-hetero) is 1. The van der Waals surface area contributed by atoms with Crippen molar-refractivity contribution in [2.24, 2.45) is 5.92 Å². The van der Waals surface area contributed by atoms with E-state index in [1.165, 1.54) is 16.5 Å². The lowest BCUT2D eigenvalue weighted by Crippen LogP contribution is -2.29. The van der Waals surface area contributed by atoms with E-state index in [1.54, 1.807) is 6.92 Å². The van der Waals surface area contributed by atoms with Gasteiger partial charge in [0, 0.05) is 40.8 Å². The highest BCUT2D eigenvalue weighted by Crippen LogP contribution is 2.37. The third-order valence-corrected chi connectivity index (χ3v) is 7.43. The number of carbonyl (C=O) groups excluding carboxylic acids is 1. The van der Waals surface area contributed by atoms with Crippen LogP contribution in [0.5, 0.6) is 0 Å². The van der Waals surface area contributed by atoms with Crippen molar-refractivity contribution in [3.05, 3.63) is 108 Å². The number of aromatic amines is 1. The van der Waals surface area contributed by atoms with Gasteiger partial charge in [0.15, 0.2) is 0 Å². The highest BCUT2D eigenvalue weighted by Gasteiger charge is 2.32. The van der Waals surface area contributed by atoms with E-state index in [1.807, 2.05) is 24.3 Å². The standard InChI is InChI=1S/C32H36N2OS/c1-24(35)32(31(36)21-25-13-5-3-6-14-25)28(29-22-33-30-19-10-9-17-27(29)30)18-11-12-20-34(2)23-26-15-7-4-8-16-26/h3-10,13-17,19,22,28,32-33H,11-12,18,20-21,23H2,1-2H3. The predicted octanol–water partition coefficient (Wildman–Crippen LogP) is 7.37. The third kappa shape index (κ3) is 6.77. The first-order valence-electron chi connectivity index (χ1n) is 12.9. The van der Waals surface area contributed by atoms with E-state index in [2.05, 4.69) is 83.8 Å². The van der Waals surface area contributed by atoms with Crippen molar-refractivity contribution in [1.29, 1.82) is 0 Å². The van der Waals surface area contributed by atoms with Crippen LogP contribution in [0.15, 0.2) is 91.1 Å². The van der Waals surface area contributed by atoms with Gasteiger partial charge in [0.25, 0.3) is 0 Å². The van der Waals surface area contributed by atoms with Crippen molar-refractivity contribution >= 4 is 33.8 Å². The highest BCUT2D eigenvalue weighted by atomic mass is 32.1. The molecule has 0 aliphatic rings. The number of nitrogens with one attached hydrogen (secondary N) is 1. The van der Waals surface area contributed by atoms with E-state index in [-0.39, 0.29) is 17.6 Å². The van der Waals surface area contributed by atoms with Crippen LogP contribution >= 0.6 is 12.2 Å². The minimum atomic E-state index is -0.276. The lowest BCUT2D eigenvalue weighted by atomic mass is 9.77. The normalized spacial score (nSPS) is 13.1. The van der Waals surface area contributed by atoms with Crippen LogP contribution in [0.2, 0.25) is 0 Å². The Morgan fingerprint density at radius 2 is 1.53 bits per heavy atom. The molecule has 0 aliphatic heterocycles. The van der Waals surface area contributed by atoms with Gasteiger partial charge in [0.05, 0.1) is 5.92 Å². The molecule has 36 heavy (non-hydrogen) atoms. The Bertz CT molecular complexity index is 1270. The first-order valence-corrected chi connectivity index (χ1v) is 13.3. The zero-order valence-corrected chi connectivity index (χ0v) is 22.1. The number of fused-ring (bicyclic) bond motifs is 1. The monoisotopic (exact) mass is 496 g/mol. The lowest BCUT2D eigenvalue weighted by molar-refractivity contribution is -0.119. The van der Waals surface area contributed by atoms with Crippen LogP contribution in [0.1, 0.15) is 48.8 Å². The summed E-state index contributed by atoms with van der Waals surface area (Å²) in [4.78, 5) is 19.7. The summed E-state index contributed by atoms with van der Waals surface area (Å²) in [7, 11) is 2.18. The Kier molecular flexibility index (Phi) is 9.21. The van der Waals surface area contributed by atoms with Gasteiger partial charge in [0.2, 0.25) is 0 Å². The van der Waals surface area contributed by atoms with Gasteiger partial charge in [-0.3, -0.25) is 4.79 Å². The van der Waals surface area contributed by atoms with E-state index in [0.29, 0.717) is 6.42 Å². The molecule has 2 unspecified atom stereocenters. The molecule has 4 rings (SSSR count). The van der Waals surface area contributed by atoms with Gasteiger partial charge in [-0.25, -0.2) is 0 Å². The van der Waals surface area contributed by atoms with Gasteiger partial charge in [0.1, 0.15) is 5.78 Å². The fourth-order valence-electron chi connectivity index (χ4n) is 5.26. The Morgan fingerprint density at radius 1 is 0.889 bits per heavy atom. The van der Waals surface area contributed by atoms with Crippen molar-refractivity contribution < 1.29 is 4.79 Å². The molecule has 0 bridgehead atoms. The molecule has 0 radical (unpaired) electrons. The number of nitrogens with zero attached hydrogens (tertiary/aromatic N) is 1. The van der Waals surface area contributed by atoms with Gasteiger partial charge in [-0.2, -0.15) is 0 Å². The van der Waals surface area contributed by atoms with Gasteiger partial charge >= 0.3 is 0 Å². The fourth-order valence-corrected chi connectivity index (χ4v) is 5.76. The largest absolute Gasteiger partial charge is 0.361 e. The smallest absolute Gasteiger partial charge is 0.138 e. The first-order chi connectivity index (χ1) is 17.5. The summed E-state index contributed by atoms with van der Waals surface area (Å²) in [6, 6.07) is 29.2. The molecule has 4 heteroatoms. The van der Waals surface area contributed by atoms with Crippen LogP contribution in [-0.2, 0) is 17.8 Å². The second-order valence-electron chi connectivity index (χ2n) is 9.83. The number of hydrogen-bond acceptors (Lipinski definition) is 3. The fraction of sp³-hybridized carbons (Fsp3) is 0.312. The quantitative estimate of drug-likeness (QED) is 0.155. The van der Waals surface area contributed by atoms with E-state index in [9.17, 15) is 4.79 Å². The van der Waals surface area contributed by atoms with Crippen LogP contribution in [0.3, 0.4) is 0 Å². The second kappa shape index (κ2) is 12.8. The van der Waals surface area contributed by atoms with Gasteiger partial charge in [-0.1, -0.05) is 97.5 Å². The molecule has 0 amide bonds. The molecule has 0 saturated heterocycles. The zero-order chi connectivity index (χ0) is 25.3. The number of H-pyrrole nitrogens is 1.